The second-order valence-corrected chi connectivity index (χ2v) is 4.03. The molecule has 0 aliphatic rings. The summed E-state index contributed by atoms with van der Waals surface area (Å²) in [7, 11) is 0. The second-order valence-electron chi connectivity index (χ2n) is 4.03. The van der Waals surface area contributed by atoms with Crippen molar-refractivity contribution in [2.45, 2.75) is 19.9 Å². The van der Waals surface area contributed by atoms with E-state index in [1.165, 1.54) is 6.07 Å². The van der Waals surface area contributed by atoms with Gasteiger partial charge in [0.25, 0.3) is 0 Å². The van der Waals surface area contributed by atoms with Crippen molar-refractivity contribution < 1.29 is 23.0 Å². The summed E-state index contributed by atoms with van der Waals surface area (Å²) >= 11 is 0. The van der Waals surface area contributed by atoms with Crippen LogP contribution < -0.4 is 0 Å². The van der Waals surface area contributed by atoms with Crippen LogP contribution in [-0.2, 0) is 11.3 Å². The summed E-state index contributed by atoms with van der Waals surface area (Å²) in [5, 5.41) is 10.8. The molecule has 0 unspecified atom stereocenters. The van der Waals surface area contributed by atoms with Crippen LogP contribution in [0.15, 0.2) is 30.3 Å². The molecule has 18 heavy (non-hydrogen) atoms. The number of benzene rings is 2. The van der Waals surface area contributed by atoms with E-state index >= 15 is 0 Å². The Hall–Kier alpha value is -1.75. The molecule has 0 spiro atoms. The van der Waals surface area contributed by atoms with Gasteiger partial charge in [0.2, 0.25) is 0 Å². The monoisotopic (exact) mass is 256 g/mol. The Morgan fingerprint density at radius 3 is 2.56 bits per heavy atom. The van der Waals surface area contributed by atoms with Crippen molar-refractivity contribution in [3.63, 3.8) is 0 Å². The third kappa shape index (κ3) is 2.73. The normalized spacial score (nSPS) is 12.0. The maximum atomic E-state index is 12.0. The minimum Gasteiger partial charge on any atom is -0.507 e. The van der Waals surface area contributed by atoms with Crippen molar-refractivity contribution in [3.8, 4) is 5.75 Å². The Balaban J connectivity index is 2.47. The molecule has 2 aromatic rings. The number of aromatic hydroxyl groups is 1. The van der Waals surface area contributed by atoms with Crippen LogP contribution in [0.4, 0.5) is 13.2 Å². The van der Waals surface area contributed by atoms with Gasteiger partial charge in [0, 0.05) is 5.39 Å². The molecule has 0 bridgehead atoms. The first-order valence-electron chi connectivity index (χ1n) is 5.29. The van der Waals surface area contributed by atoms with E-state index in [-0.39, 0.29) is 5.75 Å². The number of aryl methyl sites for hydroxylation is 1. The number of ether oxygens (including phenoxy) is 1. The molecule has 0 aliphatic carbocycles. The lowest BCUT2D eigenvalue weighted by Crippen LogP contribution is -2.13. The second kappa shape index (κ2) is 4.49. The van der Waals surface area contributed by atoms with Gasteiger partial charge in [-0.25, -0.2) is 0 Å². The first-order chi connectivity index (χ1) is 8.37. The zero-order chi connectivity index (χ0) is 13.3. The molecular weight excluding hydrogens is 245 g/mol. The zero-order valence-electron chi connectivity index (χ0n) is 9.58. The highest BCUT2D eigenvalue weighted by atomic mass is 19.4. The molecule has 0 aliphatic heterocycles. The van der Waals surface area contributed by atoms with Crippen molar-refractivity contribution in [2.24, 2.45) is 0 Å². The molecule has 96 valence electrons. The topological polar surface area (TPSA) is 29.5 Å². The summed E-state index contributed by atoms with van der Waals surface area (Å²) in [6, 6.07) is 8.08. The summed E-state index contributed by atoms with van der Waals surface area (Å²) in [5.41, 5.74) is 1.17. The van der Waals surface area contributed by atoms with Gasteiger partial charge in [-0.1, -0.05) is 18.2 Å². The number of rotatable bonds is 2. The van der Waals surface area contributed by atoms with Gasteiger partial charge >= 0.3 is 6.36 Å². The van der Waals surface area contributed by atoms with Gasteiger partial charge in [0.15, 0.2) is 0 Å². The summed E-state index contributed by atoms with van der Waals surface area (Å²) in [6.45, 7) is 1.19. The number of halogens is 3. The quantitative estimate of drug-likeness (QED) is 0.883. The van der Waals surface area contributed by atoms with Gasteiger partial charge in [-0.2, -0.15) is 0 Å². The van der Waals surface area contributed by atoms with Gasteiger partial charge in [0.05, 0.1) is 6.61 Å². The molecule has 0 heterocycles. The van der Waals surface area contributed by atoms with E-state index in [1.807, 2.05) is 0 Å². The summed E-state index contributed by atoms with van der Waals surface area (Å²) in [5.74, 6) is 0.0458. The first-order valence-corrected chi connectivity index (χ1v) is 5.29. The lowest BCUT2D eigenvalue weighted by Gasteiger charge is -2.11. The Morgan fingerprint density at radius 1 is 1.17 bits per heavy atom. The maximum Gasteiger partial charge on any atom is 0.522 e. The van der Waals surface area contributed by atoms with E-state index in [2.05, 4.69) is 4.74 Å². The maximum absolute atomic E-state index is 12.0. The number of phenolic OH excluding ortho intramolecular Hbond substituents is 1. The molecule has 0 radical (unpaired) electrons. The lowest BCUT2D eigenvalue weighted by molar-refractivity contribution is -0.330. The van der Waals surface area contributed by atoms with Crippen LogP contribution in [0.3, 0.4) is 0 Å². The molecule has 5 heteroatoms. The van der Waals surface area contributed by atoms with Gasteiger partial charge in [-0.3, -0.25) is 4.74 Å². The van der Waals surface area contributed by atoms with E-state index in [0.29, 0.717) is 16.3 Å². The average Bonchev–Trinajstić information content (AvgIpc) is 2.26. The van der Waals surface area contributed by atoms with Crippen LogP contribution in [-0.4, -0.2) is 11.5 Å². The predicted molar refractivity (Wildman–Crippen MR) is 61.2 cm³/mol. The van der Waals surface area contributed by atoms with E-state index < -0.39 is 13.0 Å². The Morgan fingerprint density at radius 2 is 1.89 bits per heavy atom. The van der Waals surface area contributed by atoms with Crippen LogP contribution in [0.1, 0.15) is 11.1 Å². The Kier molecular flexibility index (Phi) is 3.17. The van der Waals surface area contributed by atoms with Crippen LogP contribution in [0.5, 0.6) is 5.75 Å². The standard InChI is InChI=1S/C13H11F3O2/c1-8-5-9(7-18-13(14,15)16)10-3-2-4-12(17)11(10)6-8/h2-6,17H,7H2,1H3. The molecule has 0 atom stereocenters. The summed E-state index contributed by atoms with van der Waals surface area (Å²) in [6.07, 6.45) is -4.66. The van der Waals surface area contributed by atoms with Gasteiger partial charge < -0.3 is 5.11 Å². The Bertz CT molecular complexity index is 576. The molecule has 0 saturated heterocycles. The molecule has 2 aromatic carbocycles. The highest BCUT2D eigenvalue weighted by molar-refractivity contribution is 5.91. The predicted octanol–water partition coefficient (Wildman–Crippen LogP) is 3.89. The smallest absolute Gasteiger partial charge is 0.507 e. The number of fused-ring (bicyclic) bond motifs is 1. The van der Waals surface area contributed by atoms with Crippen molar-refractivity contribution in [3.05, 3.63) is 41.5 Å². The fraction of sp³-hybridized carbons (Fsp3) is 0.231. The van der Waals surface area contributed by atoms with E-state index in [4.69, 9.17) is 0 Å². The minimum absolute atomic E-state index is 0.0458. The molecular formula is C13H11F3O2. The molecule has 0 saturated carbocycles. The summed E-state index contributed by atoms with van der Waals surface area (Å²) < 4.78 is 40.0. The highest BCUT2D eigenvalue weighted by Gasteiger charge is 2.29. The van der Waals surface area contributed by atoms with E-state index in [1.54, 1.807) is 31.2 Å². The first kappa shape index (κ1) is 12.7. The number of hydrogen-bond acceptors (Lipinski definition) is 2. The van der Waals surface area contributed by atoms with Crippen molar-refractivity contribution >= 4 is 10.8 Å². The van der Waals surface area contributed by atoms with E-state index in [0.717, 1.165) is 5.56 Å². The lowest BCUT2D eigenvalue weighted by atomic mass is 10.0. The molecule has 2 rings (SSSR count). The highest BCUT2D eigenvalue weighted by Crippen LogP contribution is 2.30. The fourth-order valence-corrected chi connectivity index (χ4v) is 1.89. The molecule has 0 amide bonds. The van der Waals surface area contributed by atoms with Crippen molar-refractivity contribution in [1.29, 1.82) is 0 Å². The average molecular weight is 256 g/mol. The van der Waals surface area contributed by atoms with Gasteiger partial charge in [-0.15, -0.1) is 13.2 Å². The van der Waals surface area contributed by atoms with Gasteiger partial charge in [0.1, 0.15) is 5.75 Å². The molecule has 0 aromatic heterocycles. The number of alkyl halides is 3. The minimum atomic E-state index is -4.66. The van der Waals surface area contributed by atoms with E-state index in [9.17, 15) is 18.3 Å². The molecule has 2 nitrogen and oxygen atoms in total. The molecule has 0 fully saturated rings. The zero-order valence-corrected chi connectivity index (χ0v) is 9.58. The van der Waals surface area contributed by atoms with Gasteiger partial charge in [-0.05, 0) is 35.6 Å². The largest absolute Gasteiger partial charge is 0.522 e. The van der Waals surface area contributed by atoms with Crippen molar-refractivity contribution in [2.75, 3.05) is 0 Å². The molecule has 1 N–H and O–H groups in total. The number of hydrogen-bond donors (Lipinski definition) is 1. The fourth-order valence-electron chi connectivity index (χ4n) is 1.89. The number of phenols is 1. The van der Waals surface area contributed by atoms with Crippen LogP contribution in [0.25, 0.3) is 10.8 Å². The summed E-state index contributed by atoms with van der Waals surface area (Å²) in [4.78, 5) is 0. The SMILES string of the molecule is Cc1cc(COC(F)(F)F)c2cccc(O)c2c1. The van der Waals surface area contributed by atoms with Crippen molar-refractivity contribution in [1.82, 2.24) is 0 Å². The van der Waals surface area contributed by atoms with Crippen LogP contribution in [0.2, 0.25) is 0 Å². The Labute approximate surface area is 102 Å². The van der Waals surface area contributed by atoms with Crippen LogP contribution >= 0.6 is 0 Å². The third-order valence-electron chi connectivity index (χ3n) is 2.59. The third-order valence-corrected chi connectivity index (χ3v) is 2.59. The van der Waals surface area contributed by atoms with Crippen LogP contribution in [0, 0.1) is 6.92 Å².